The first-order valence-corrected chi connectivity index (χ1v) is 4.58. The van der Waals surface area contributed by atoms with E-state index in [1.807, 2.05) is 0 Å². The van der Waals surface area contributed by atoms with Crippen molar-refractivity contribution >= 4 is 18.2 Å². The number of Topliss-reactive ketones (excluding diaryl/α,β-unsaturated/α-hetero) is 1. The SMILES string of the molecule is Cl.O=C1CCCC12CCCNC2. The van der Waals surface area contributed by atoms with Gasteiger partial charge in [-0.15, -0.1) is 12.4 Å². The van der Waals surface area contributed by atoms with Gasteiger partial charge in [-0.25, -0.2) is 0 Å². The molecule has 0 aromatic rings. The highest BCUT2D eigenvalue weighted by molar-refractivity contribution is 5.87. The van der Waals surface area contributed by atoms with Crippen LogP contribution in [0.4, 0.5) is 0 Å². The Bertz CT molecular complexity index is 175. The van der Waals surface area contributed by atoms with Crippen molar-refractivity contribution < 1.29 is 4.79 Å². The third-order valence-electron chi connectivity index (χ3n) is 3.12. The second kappa shape index (κ2) is 3.75. The summed E-state index contributed by atoms with van der Waals surface area (Å²) < 4.78 is 0. The number of piperidine rings is 1. The molecule has 1 unspecified atom stereocenters. The van der Waals surface area contributed by atoms with E-state index in [1.54, 1.807) is 0 Å². The number of carbonyl (C=O) groups is 1. The average Bonchev–Trinajstić information content (AvgIpc) is 2.36. The molecule has 1 saturated heterocycles. The highest BCUT2D eigenvalue weighted by Gasteiger charge is 2.42. The van der Waals surface area contributed by atoms with Crippen molar-refractivity contribution in [1.82, 2.24) is 5.32 Å². The van der Waals surface area contributed by atoms with Crippen LogP contribution in [0.25, 0.3) is 0 Å². The normalized spacial score (nSPS) is 35.2. The van der Waals surface area contributed by atoms with Crippen LogP contribution in [0, 0.1) is 5.41 Å². The fraction of sp³-hybridized carbons (Fsp3) is 0.889. The molecule has 1 spiro atoms. The largest absolute Gasteiger partial charge is 0.316 e. The monoisotopic (exact) mass is 189 g/mol. The number of ketones is 1. The van der Waals surface area contributed by atoms with Crippen molar-refractivity contribution in [2.45, 2.75) is 32.1 Å². The lowest BCUT2D eigenvalue weighted by Crippen LogP contribution is -2.42. The van der Waals surface area contributed by atoms with Crippen molar-refractivity contribution in [3.8, 4) is 0 Å². The molecule has 2 aliphatic rings. The van der Waals surface area contributed by atoms with Gasteiger partial charge in [0, 0.05) is 18.4 Å². The molecule has 2 nitrogen and oxygen atoms in total. The molecule has 1 atom stereocenters. The third kappa shape index (κ3) is 1.50. The average molecular weight is 190 g/mol. The van der Waals surface area contributed by atoms with E-state index < -0.39 is 0 Å². The van der Waals surface area contributed by atoms with E-state index in [2.05, 4.69) is 5.32 Å². The quantitative estimate of drug-likeness (QED) is 0.626. The van der Waals surface area contributed by atoms with Gasteiger partial charge in [-0.1, -0.05) is 0 Å². The zero-order valence-electron chi connectivity index (χ0n) is 7.27. The Kier molecular flexibility index (Phi) is 3.13. The molecule has 0 aromatic heterocycles. The maximum atomic E-state index is 11.5. The van der Waals surface area contributed by atoms with Crippen molar-refractivity contribution in [1.29, 1.82) is 0 Å². The summed E-state index contributed by atoms with van der Waals surface area (Å²) in [6.45, 7) is 2.06. The molecule has 1 aliphatic carbocycles. The lowest BCUT2D eigenvalue weighted by Gasteiger charge is -2.31. The van der Waals surface area contributed by atoms with Gasteiger partial charge in [0.15, 0.2) is 0 Å². The van der Waals surface area contributed by atoms with E-state index in [0.29, 0.717) is 5.78 Å². The third-order valence-corrected chi connectivity index (χ3v) is 3.12. The summed E-state index contributed by atoms with van der Waals surface area (Å²) in [5, 5.41) is 3.33. The molecule has 0 radical (unpaired) electrons. The fourth-order valence-corrected chi connectivity index (χ4v) is 2.41. The van der Waals surface area contributed by atoms with E-state index in [1.165, 1.54) is 6.42 Å². The highest BCUT2D eigenvalue weighted by atomic mass is 35.5. The van der Waals surface area contributed by atoms with Gasteiger partial charge in [0.05, 0.1) is 0 Å². The molecular weight excluding hydrogens is 174 g/mol. The Morgan fingerprint density at radius 3 is 2.50 bits per heavy atom. The van der Waals surface area contributed by atoms with Crippen molar-refractivity contribution in [3.63, 3.8) is 0 Å². The molecule has 1 heterocycles. The Morgan fingerprint density at radius 1 is 1.25 bits per heavy atom. The Balaban J connectivity index is 0.000000720. The van der Waals surface area contributed by atoms with Crippen LogP contribution in [0.2, 0.25) is 0 Å². The topological polar surface area (TPSA) is 29.1 Å². The van der Waals surface area contributed by atoms with E-state index in [9.17, 15) is 4.79 Å². The van der Waals surface area contributed by atoms with E-state index in [-0.39, 0.29) is 17.8 Å². The number of halogens is 1. The van der Waals surface area contributed by atoms with Crippen LogP contribution in [-0.4, -0.2) is 18.9 Å². The lowest BCUT2D eigenvalue weighted by molar-refractivity contribution is -0.126. The first kappa shape index (κ1) is 10.0. The van der Waals surface area contributed by atoms with Gasteiger partial charge in [-0.05, 0) is 32.2 Å². The first-order valence-electron chi connectivity index (χ1n) is 4.58. The van der Waals surface area contributed by atoms with Gasteiger partial charge < -0.3 is 5.32 Å². The fourth-order valence-electron chi connectivity index (χ4n) is 2.41. The summed E-state index contributed by atoms with van der Waals surface area (Å²) in [7, 11) is 0. The molecule has 2 rings (SSSR count). The molecule has 0 bridgehead atoms. The second-order valence-corrected chi connectivity index (χ2v) is 3.84. The number of hydrogen-bond donors (Lipinski definition) is 1. The molecule has 0 amide bonds. The Morgan fingerprint density at radius 2 is 2.00 bits per heavy atom. The zero-order chi connectivity index (χ0) is 7.73. The predicted octanol–water partition coefficient (Wildman–Crippen LogP) is 1.53. The minimum absolute atomic E-state index is 0. The zero-order valence-corrected chi connectivity index (χ0v) is 8.08. The Hall–Kier alpha value is -0.0800. The summed E-state index contributed by atoms with van der Waals surface area (Å²) in [6.07, 6.45) is 5.42. The summed E-state index contributed by atoms with van der Waals surface area (Å²) in [5.74, 6) is 0.518. The van der Waals surface area contributed by atoms with Crippen LogP contribution in [-0.2, 0) is 4.79 Å². The highest BCUT2D eigenvalue weighted by Crippen LogP contribution is 2.39. The molecule has 1 saturated carbocycles. The van der Waals surface area contributed by atoms with Gasteiger partial charge in [-0.2, -0.15) is 0 Å². The molecule has 1 N–H and O–H groups in total. The number of hydrogen-bond acceptors (Lipinski definition) is 2. The molecule has 1 aliphatic heterocycles. The van der Waals surface area contributed by atoms with Crippen LogP contribution in [0.3, 0.4) is 0 Å². The lowest BCUT2D eigenvalue weighted by atomic mass is 9.78. The van der Waals surface area contributed by atoms with Gasteiger partial charge in [0.1, 0.15) is 5.78 Å². The molecular formula is C9H16ClNO. The van der Waals surface area contributed by atoms with Crippen LogP contribution in [0.5, 0.6) is 0 Å². The van der Waals surface area contributed by atoms with Gasteiger partial charge >= 0.3 is 0 Å². The number of rotatable bonds is 0. The summed E-state index contributed by atoms with van der Waals surface area (Å²) >= 11 is 0. The number of carbonyl (C=O) groups excluding carboxylic acids is 1. The minimum atomic E-state index is 0. The van der Waals surface area contributed by atoms with Gasteiger partial charge in [0.2, 0.25) is 0 Å². The van der Waals surface area contributed by atoms with E-state index in [0.717, 1.165) is 38.8 Å². The summed E-state index contributed by atoms with van der Waals surface area (Å²) in [6, 6.07) is 0. The standard InChI is InChI=1S/C9H15NO.ClH/c11-8-3-1-4-9(8)5-2-6-10-7-9;/h10H,1-7H2;1H. The molecule has 2 fully saturated rings. The van der Waals surface area contributed by atoms with E-state index in [4.69, 9.17) is 0 Å². The Labute approximate surface area is 79.5 Å². The van der Waals surface area contributed by atoms with Crippen molar-refractivity contribution in [3.05, 3.63) is 0 Å². The van der Waals surface area contributed by atoms with E-state index >= 15 is 0 Å². The second-order valence-electron chi connectivity index (χ2n) is 3.84. The van der Waals surface area contributed by atoms with Crippen LogP contribution >= 0.6 is 12.4 Å². The van der Waals surface area contributed by atoms with Crippen LogP contribution < -0.4 is 5.32 Å². The first-order chi connectivity index (χ1) is 5.33. The molecule has 3 heteroatoms. The van der Waals surface area contributed by atoms with Crippen molar-refractivity contribution in [2.75, 3.05) is 13.1 Å². The maximum Gasteiger partial charge on any atom is 0.140 e. The van der Waals surface area contributed by atoms with Crippen LogP contribution in [0.1, 0.15) is 32.1 Å². The van der Waals surface area contributed by atoms with Gasteiger partial charge in [0.25, 0.3) is 0 Å². The molecule has 70 valence electrons. The van der Waals surface area contributed by atoms with Crippen molar-refractivity contribution in [2.24, 2.45) is 5.41 Å². The predicted molar refractivity (Wildman–Crippen MR) is 50.6 cm³/mol. The van der Waals surface area contributed by atoms with Crippen LogP contribution in [0.15, 0.2) is 0 Å². The summed E-state index contributed by atoms with van der Waals surface area (Å²) in [4.78, 5) is 11.5. The summed E-state index contributed by atoms with van der Waals surface area (Å²) in [5.41, 5.74) is 0.0816. The maximum absolute atomic E-state index is 11.5. The minimum Gasteiger partial charge on any atom is -0.316 e. The number of nitrogens with one attached hydrogen (secondary N) is 1. The molecule has 12 heavy (non-hydrogen) atoms. The molecule has 0 aromatic carbocycles. The smallest absolute Gasteiger partial charge is 0.140 e. The van der Waals surface area contributed by atoms with Gasteiger partial charge in [-0.3, -0.25) is 4.79 Å².